The molecular formula is C15H13BrN2O. The summed E-state index contributed by atoms with van der Waals surface area (Å²) in [7, 11) is 0. The first kappa shape index (κ1) is 12.2. The minimum atomic E-state index is -0.339. The van der Waals surface area contributed by atoms with Crippen LogP contribution >= 0.6 is 15.9 Å². The van der Waals surface area contributed by atoms with Gasteiger partial charge in [0, 0.05) is 21.4 Å². The van der Waals surface area contributed by atoms with Gasteiger partial charge in [0.15, 0.2) is 0 Å². The molecule has 2 aromatic carbocycles. The summed E-state index contributed by atoms with van der Waals surface area (Å²) >= 11 is 3.48. The predicted octanol–water partition coefficient (Wildman–Crippen LogP) is 3.86. The first-order valence-electron chi connectivity index (χ1n) is 6.07. The normalized spacial score (nSPS) is 16.9. The molecule has 0 saturated carbocycles. The summed E-state index contributed by atoms with van der Waals surface area (Å²) in [6.45, 7) is 2.03. The summed E-state index contributed by atoms with van der Waals surface area (Å²) in [5.74, 6) is -0.0173. The number of amides is 1. The Bertz CT molecular complexity index is 654. The highest BCUT2D eigenvalue weighted by atomic mass is 79.9. The topological polar surface area (TPSA) is 41.1 Å². The molecule has 1 atom stereocenters. The maximum atomic E-state index is 12.1. The molecule has 0 aromatic heterocycles. The third kappa shape index (κ3) is 2.24. The molecule has 0 fully saturated rings. The van der Waals surface area contributed by atoms with Crippen LogP contribution in [-0.2, 0) is 4.79 Å². The zero-order chi connectivity index (χ0) is 13.4. The summed E-state index contributed by atoms with van der Waals surface area (Å²) in [4.78, 5) is 12.1. The Hall–Kier alpha value is -1.81. The molecule has 2 aromatic rings. The fourth-order valence-corrected chi connectivity index (χ4v) is 2.66. The van der Waals surface area contributed by atoms with Gasteiger partial charge in [-0.15, -0.1) is 0 Å². The van der Waals surface area contributed by atoms with E-state index in [0.29, 0.717) is 0 Å². The van der Waals surface area contributed by atoms with Crippen LogP contribution in [0.15, 0.2) is 46.9 Å². The summed E-state index contributed by atoms with van der Waals surface area (Å²) < 4.78 is 0.948. The molecule has 19 heavy (non-hydrogen) atoms. The highest BCUT2D eigenvalue weighted by molar-refractivity contribution is 9.10. The average Bonchev–Trinajstić information content (AvgIpc) is 2.69. The van der Waals surface area contributed by atoms with Crippen LogP contribution in [0, 0.1) is 6.92 Å². The van der Waals surface area contributed by atoms with Crippen molar-refractivity contribution in [1.82, 2.24) is 0 Å². The summed E-state index contributed by atoms with van der Waals surface area (Å²) in [5.41, 5.74) is 3.95. The Kier molecular flexibility index (Phi) is 3.03. The Balaban J connectivity index is 1.97. The first-order chi connectivity index (χ1) is 9.15. The predicted molar refractivity (Wildman–Crippen MR) is 80.3 cm³/mol. The number of para-hydroxylation sites is 1. The molecule has 0 aliphatic carbocycles. The molecule has 1 unspecified atom stereocenters. The molecule has 96 valence electrons. The van der Waals surface area contributed by atoms with E-state index < -0.39 is 0 Å². The van der Waals surface area contributed by atoms with Crippen molar-refractivity contribution in [1.29, 1.82) is 0 Å². The van der Waals surface area contributed by atoms with Gasteiger partial charge in [-0.1, -0.05) is 29.8 Å². The van der Waals surface area contributed by atoms with Crippen LogP contribution in [-0.4, -0.2) is 5.91 Å². The molecule has 0 bridgehead atoms. The van der Waals surface area contributed by atoms with E-state index in [1.165, 1.54) is 0 Å². The molecule has 4 heteroatoms. The smallest absolute Gasteiger partial charge is 0.251 e. The third-order valence-electron chi connectivity index (χ3n) is 3.21. The largest absolute Gasteiger partial charge is 0.369 e. The van der Waals surface area contributed by atoms with Crippen LogP contribution in [0.3, 0.4) is 0 Å². The quantitative estimate of drug-likeness (QED) is 0.883. The van der Waals surface area contributed by atoms with E-state index >= 15 is 0 Å². The minimum absolute atomic E-state index is 0.0173. The second-order valence-electron chi connectivity index (χ2n) is 4.64. The van der Waals surface area contributed by atoms with Crippen molar-refractivity contribution < 1.29 is 4.79 Å². The molecule has 1 aliphatic heterocycles. The van der Waals surface area contributed by atoms with Crippen LogP contribution < -0.4 is 10.6 Å². The van der Waals surface area contributed by atoms with Gasteiger partial charge in [-0.3, -0.25) is 4.79 Å². The van der Waals surface area contributed by atoms with Crippen molar-refractivity contribution in [2.45, 2.75) is 13.0 Å². The van der Waals surface area contributed by atoms with Gasteiger partial charge in [-0.2, -0.15) is 0 Å². The van der Waals surface area contributed by atoms with Crippen LogP contribution in [0.2, 0.25) is 0 Å². The highest BCUT2D eigenvalue weighted by Crippen LogP contribution is 2.35. The van der Waals surface area contributed by atoms with Crippen molar-refractivity contribution >= 4 is 33.2 Å². The number of benzene rings is 2. The SMILES string of the molecule is Cc1ccc2c(c1)C(Nc1ccccc1Br)C(=O)N2. The van der Waals surface area contributed by atoms with E-state index in [1.54, 1.807) is 0 Å². The molecule has 2 N–H and O–H groups in total. The number of halogens is 1. The fourth-order valence-electron chi connectivity index (χ4n) is 2.26. The summed E-state index contributed by atoms with van der Waals surface area (Å²) in [6.07, 6.45) is 0. The zero-order valence-electron chi connectivity index (χ0n) is 10.4. The van der Waals surface area contributed by atoms with E-state index in [2.05, 4.69) is 26.6 Å². The summed E-state index contributed by atoms with van der Waals surface area (Å²) in [6, 6.07) is 13.4. The molecule has 0 spiro atoms. The van der Waals surface area contributed by atoms with Crippen molar-refractivity contribution in [3.8, 4) is 0 Å². The lowest BCUT2D eigenvalue weighted by Crippen LogP contribution is -2.19. The van der Waals surface area contributed by atoms with Crippen molar-refractivity contribution in [2.75, 3.05) is 10.6 Å². The van der Waals surface area contributed by atoms with Crippen LogP contribution in [0.25, 0.3) is 0 Å². The lowest BCUT2D eigenvalue weighted by Gasteiger charge is -2.14. The standard InChI is InChI=1S/C15H13BrN2O/c1-9-6-7-12-10(8-9)14(15(19)18-12)17-13-5-3-2-4-11(13)16/h2-8,14,17H,1H3,(H,18,19). The molecule has 3 rings (SSSR count). The zero-order valence-corrected chi connectivity index (χ0v) is 12.0. The summed E-state index contributed by atoms with van der Waals surface area (Å²) in [5, 5.41) is 6.18. The molecule has 0 radical (unpaired) electrons. The van der Waals surface area contributed by atoms with Gasteiger partial charge < -0.3 is 10.6 Å². The maximum Gasteiger partial charge on any atom is 0.251 e. The molecule has 1 heterocycles. The van der Waals surface area contributed by atoms with Gasteiger partial charge >= 0.3 is 0 Å². The lowest BCUT2D eigenvalue weighted by molar-refractivity contribution is -0.116. The van der Waals surface area contributed by atoms with Gasteiger partial charge in [0.05, 0.1) is 0 Å². The maximum absolute atomic E-state index is 12.1. The number of hydrogen-bond donors (Lipinski definition) is 2. The van der Waals surface area contributed by atoms with Gasteiger partial charge in [0.2, 0.25) is 0 Å². The fraction of sp³-hybridized carbons (Fsp3) is 0.133. The number of carbonyl (C=O) groups is 1. The van der Waals surface area contributed by atoms with E-state index in [1.807, 2.05) is 49.4 Å². The monoisotopic (exact) mass is 316 g/mol. The Labute approximate surface area is 120 Å². The Morgan fingerprint density at radius 2 is 2.00 bits per heavy atom. The van der Waals surface area contributed by atoms with Gasteiger partial charge in [0.1, 0.15) is 6.04 Å². The number of rotatable bonds is 2. The first-order valence-corrected chi connectivity index (χ1v) is 6.87. The Morgan fingerprint density at radius 3 is 2.79 bits per heavy atom. The van der Waals surface area contributed by atoms with Crippen molar-refractivity contribution in [3.63, 3.8) is 0 Å². The van der Waals surface area contributed by atoms with Crippen LogP contribution in [0.5, 0.6) is 0 Å². The number of anilines is 2. The van der Waals surface area contributed by atoms with E-state index in [0.717, 1.165) is 27.0 Å². The highest BCUT2D eigenvalue weighted by Gasteiger charge is 2.30. The molecule has 1 aliphatic rings. The number of carbonyl (C=O) groups excluding carboxylic acids is 1. The van der Waals surface area contributed by atoms with Crippen LogP contribution in [0.4, 0.5) is 11.4 Å². The molecule has 0 saturated heterocycles. The van der Waals surface area contributed by atoms with Crippen molar-refractivity contribution in [2.24, 2.45) is 0 Å². The van der Waals surface area contributed by atoms with Gasteiger partial charge in [-0.05, 0) is 41.1 Å². The molecular weight excluding hydrogens is 304 g/mol. The number of hydrogen-bond acceptors (Lipinski definition) is 2. The van der Waals surface area contributed by atoms with Gasteiger partial charge in [-0.25, -0.2) is 0 Å². The van der Waals surface area contributed by atoms with E-state index in [4.69, 9.17) is 0 Å². The van der Waals surface area contributed by atoms with E-state index in [-0.39, 0.29) is 11.9 Å². The average molecular weight is 317 g/mol. The van der Waals surface area contributed by atoms with E-state index in [9.17, 15) is 4.79 Å². The second kappa shape index (κ2) is 4.70. The van der Waals surface area contributed by atoms with Crippen molar-refractivity contribution in [3.05, 3.63) is 58.1 Å². The third-order valence-corrected chi connectivity index (χ3v) is 3.90. The number of nitrogens with one attached hydrogen (secondary N) is 2. The number of fused-ring (bicyclic) bond motifs is 1. The molecule has 3 nitrogen and oxygen atoms in total. The molecule has 1 amide bonds. The van der Waals surface area contributed by atoms with Gasteiger partial charge in [0.25, 0.3) is 5.91 Å². The second-order valence-corrected chi connectivity index (χ2v) is 5.49. The number of aryl methyl sites for hydroxylation is 1. The Morgan fingerprint density at radius 1 is 1.21 bits per heavy atom. The minimum Gasteiger partial charge on any atom is -0.369 e. The van der Waals surface area contributed by atoms with Crippen LogP contribution in [0.1, 0.15) is 17.2 Å². The lowest BCUT2D eigenvalue weighted by atomic mass is 10.1.